The zero-order valence-corrected chi connectivity index (χ0v) is 12.0. The maximum absolute atomic E-state index is 9.13. The minimum atomic E-state index is 0.310. The van der Waals surface area contributed by atoms with Crippen LogP contribution in [0.2, 0.25) is 0 Å². The zero-order chi connectivity index (χ0) is 13.0. The summed E-state index contributed by atoms with van der Waals surface area (Å²) in [6.45, 7) is 9.03. The first kappa shape index (κ1) is 14.0. The van der Waals surface area contributed by atoms with Crippen molar-refractivity contribution in [1.29, 1.82) is 0 Å². The van der Waals surface area contributed by atoms with Crippen LogP contribution in [-0.4, -0.2) is 35.7 Å². The molecule has 101 valence electrons. The average molecular weight is 266 g/mol. The second kappa shape index (κ2) is 6.69. The first-order valence-electron chi connectivity index (χ1n) is 6.93. The summed E-state index contributed by atoms with van der Waals surface area (Å²) >= 11 is 1.84. The lowest BCUT2D eigenvalue weighted by Gasteiger charge is -2.30. The lowest BCUT2D eigenvalue weighted by molar-refractivity contribution is 0.181. The van der Waals surface area contributed by atoms with Crippen LogP contribution in [0, 0.1) is 12.8 Å². The van der Waals surface area contributed by atoms with Crippen LogP contribution in [0.25, 0.3) is 0 Å². The van der Waals surface area contributed by atoms with Crippen LogP contribution >= 0.6 is 11.3 Å². The van der Waals surface area contributed by atoms with Gasteiger partial charge in [0.2, 0.25) is 0 Å². The van der Waals surface area contributed by atoms with Crippen LogP contribution in [0.1, 0.15) is 37.0 Å². The average Bonchev–Trinajstić information content (AvgIpc) is 2.97. The highest BCUT2D eigenvalue weighted by atomic mass is 32.1. The molecule has 1 fully saturated rings. The third kappa shape index (κ3) is 3.34. The van der Waals surface area contributed by atoms with E-state index in [0.717, 1.165) is 13.0 Å². The second-order valence-electron chi connectivity index (χ2n) is 5.40. The van der Waals surface area contributed by atoms with Crippen LogP contribution in [0.15, 0.2) is 17.5 Å². The highest BCUT2D eigenvalue weighted by Gasteiger charge is 2.28. The van der Waals surface area contributed by atoms with Crippen LogP contribution in [0.5, 0.6) is 0 Å². The van der Waals surface area contributed by atoms with E-state index in [1.165, 1.54) is 24.3 Å². The van der Waals surface area contributed by atoms with E-state index in [-0.39, 0.29) is 0 Å². The standard InChI is InChI=1S/C15H24NOS/c1-12(2)14(15-6-4-10-18-15)11-16-8-3-5-13(16)7-9-17/h4,6,10,12-14,17H,1,3,5,7-9,11H2,2H3. The van der Waals surface area contributed by atoms with E-state index in [1.807, 2.05) is 11.3 Å². The van der Waals surface area contributed by atoms with Crippen molar-refractivity contribution in [1.82, 2.24) is 4.90 Å². The van der Waals surface area contributed by atoms with Gasteiger partial charge < -0.3 is 5.11 Å². The second-order valence-corrected chi connectivity index (χ2v) is 6.38. The van der Waals surface area contributed by atoms with Gasteiger partial charge in [-0.05, 0) is 50.1 Å². The fraction of sp³-hybridized carbons (Fsp3) is 0.667. The molecule has 1 aromatic heterocycles. The molecule has 0 saturated carbocycles. The number of nitrogens with zero attached hydrogens (tertiary/aromatic N) is 1. The van der Waals surface area contributed by atoms with Gasteiger partial charge in [0.05, 0.1) is 0 Å². The summed E-state index contributed by atoms with van der Waals surface area (Å²) < 4.78 is 0. The van der Waals surface area contributed by atoms with Gasteiger partial charge in [0.1, 0.15) is 0 Å². The molecule has 3 heteroatoms. The minimum Gasteiger partial charge on any atom is -0.396 e. The number of thiophene rings is 1. The highest BCUT2D eigenvalue weighted by Crippen LogP contribution is 2.31. The summed E-state index contributed by atoms with van der Waals surface area (Å²) in [6, 6.07) is 4.94. The number of likely N-dealkylation sites (tertiary alicyclic amines) is 1. The molecule has 1 N–H and O–H groups in total. The Kier molecular flexibility index (Phi) is 5.22. The number of rotatable bonds is 6. The lowest BCUT2D eigenvalue weighted by Crippen LogP contribution is -2.35. The third-order valence-corrected chi connectivity index (χ3v) is 4.99. The largest absolute Gasteiger partial charge is 0.396 e. The fourth-order valence-corrected chi connectivity index (χ4v) is 3.87. The number of hydrogen-bond acceptors (Lipinski definition) is 3. The molecule has 1 aliphatic heterocycles. The van der Waals surface area contributed by atoms with Crippen molar-refractivity contribution in [3.8, 4) is 0 Å². The van der Waals surface area contributed by atoms with E-state index in [0.29, 0.717) is 24.5 Å². The molecular weight excluding hydrogens is 242 g/mol. The summed E-state index contributed by atoms with van der Waals surface area (Å²) in [5.74, 6) is 0.961. The fourth-order valence-electron chi connectivity index (χ4n) is 2.92. The van der Waals surface area contributed by atoms with Crippen molar-refractivity contribution < 1.29 is 5.11 Å². The van der Waals surface area contributed by atoms with Gasteiger partial charge >= 0.3 is 0 Å². The summed E-state index contributed by atoms with van der Waals surface area (Å²) in [5, 5.41) is 11.3. The maximum Gasteiger partial charge on any atom is 0.0445 e. The van der Waals surface area contributed by atoms with Crippen molar-refractivity contribution in [3.05, 3.63) is 29.3 Å². The van der Waals surface area contributed by atoms with E-state index < -0.39 is 0 Å². The Morgan fingerprint density at radius 2 is 2.44 bits per heavy atom. The minimum absolute atomic E-state index is 0.310. The van der Waals surface area contributed by atoms with Gasteiger partial charge in [-0.3, -0.25) is 4.90 Å². The summed E-state index contributed by atoms with van der Waals surface area (Å²) in [6.07, 6.45) is 3.43. The molecule has 2 nitrogen and oxygen atoms in total. The maximum atomic E-state index is 9.13. The van der Waals surface area contributed by atoms with Crippen molar-refractivity contribution in [2.45, 2.75) is 38.1 Å². The van der Waals surface area contributed by atoms with Crippen molar-refractivity contribution in [3.63, 3.8) is 0 Å². The summed E-state index contributed by atoms with van der Waals surface area (Å²) in [4.78, 5) is 4.01. The normalized spacial score (nSPS) is 22.8. The van der Waals surface area contributed by atoms with E-state index in [2.05, 4.69) is 36.3 Å². The molecule has 2 heterocycles. The quantitative estimate of drug-likeness (QED) is 0.855. The van der Waals surface area contributed by atoms with Crippen LogP contribution in [0.3, 0.4) is 0 Å². The smallest absolute Gasteiger partial charge is 0.0445 e. The monoisotopic (exact) mass is 266 g/mol. The number of hydrogen-bond donors (Lipinski definition) is 1. The van der Waals surface area contributed by atoms with E-state index >= 15 is 0 Å². The molecule has 2 rings (SSSR count). The molecule has 18 heavy (non-hydrogen) atoms. The van der Waals surface area contributed by atoms with Gasteiger partial charge in [-0.15, -0.1) is 11.3 Å². The molecule has 0 amide bonds. The predicted molar refractivity (Wildman–Crippen MR) is 77.9 cm³/mol. The van der Waals surface area contributed by atoms with Gasteiger partial charge in [0, 0.05) is 30.0 Å². The molecule has 1 aromatic rings. The molecule has 3 unspecified atom stereocenters. The Balaban J connectivity index is 2.00. The molecule has 0 aromatic carbocycles. The Morgan fingerprint density at radius 1 is 1.61 bits per heavy atom. The molecule has 0 spiro atoms. The van der Waals surface area contributed by atoms with Gasteiger partial charge in [0.25, 0.3) is 0 Å². The Labute approximate surface area is 115 Å². The zero-order valence-electron chi connectivity index (χ0n) is 11.2. The summed E-state index contributed by atoms with van der Waals surface area (Å²) in [7, 11) is 0. The molecule has 0 aliphatic carbocycles. The van der Waals surface area contributed by atoms with E-state index in [4.69, 9.17) is 5.11 Å². The van der Waals surface area contributed by atoms with Gasteiger partial charge in [-0.25, -0.2) is 0 Å². The van der Waals surface area contributed by atoms with Crippen LogP contribution in [0.4, 0.5) is 0 Å². The topological polar surface area (TPSA) is 23.5 Å². The lowest BCUT2D eigenvalue weighted by atomic mass is 9.93. The van der Waals surface area contributed by atoms with Crippen LogP contribution in [-0.2, 0) is 0 Å². The molecule has 1 radical (unpaired) electrons. The number of aliphatic hydroxyl groups excluding tert-OH is 1. The molecule has 3 atom stereocenters. The number of aliphatic hydroxyl groups is 1. The first-order chi connectivity index (χ1) is 8.72. The van der Waals surface area contributed by atoms with E-state index in [1.54, 1.807) is 0 Å². The van der Waals surface area contributed by atoms with E-state index in [9.17, 15) is 0 Å². The Morgan fingerprint density at radius 3 is 3.06 bits per heavy atom. The van der Waals surface area contributed by atoms with Crippen molar-refractivity contribution in [2.24, 2.45) is 5.92 Å². The molecular formula is C15H24NOS. The molecule has 1 aliphatic rings. The Bertz CT molecular complexity index is 336. The SMILES string of the molecule is [CH2]C(C)C(CN1CCCC1CCO)c1cccs1. The van der Waals surface area contributed by atoms with Gasteiger partial charge in [0.15, 0.2) is 0 Å². The molecule has 0 bridgehead atoms. The van der Waals surface area contributed by atoms with Gasteiger partial charge in [-0.2, -0.15) is 0 Å². The summed E-state index contributed by atoms with van der Waals surface area (Å²) in [5.41, 5.74) is 0. The predicted octanol–water partition coefficient (Wildman–Crippen LogP) is 3.15. The van der Waals surface area contributed by atoms with Gasteiger partial charge in [-0.1, -0.05) is 13.0 Å². The highest BCUT2D eigenvalue weighted by molar-refractivity contribution is 7.10. The van der Waals surface area contributed by atoms with Crippen molar-refractivity contribution in [2.75, 3.05) is 19.7 Å². The Hall–Kier alpha value is -0.380. The van der Waals surface area contributed by atoms with Crippen molar-refractivity contribution >= 4 is 11.3 Å². The first-order valence-corrected chi connectivity index (χ1v) is 7.81. The molecule has 1 saturated heterocycles. The van der Waals surface area contributed by atoms with Crippen LogP contribution < -0.4 is 0 Å². The third-order valence-electron chi connectivity index (χ3n) is 3.99.